The van der Waals surface area contributed by atoms with Crippen molar-refractivity contribution in [2.24, 2.45) is 0 Å². The summed E-state index contributed by atoms with van der Waals surface area (Å²) in [5, 5.41) is 0. The van der Waals surface area contributed by atoms with E-state index in [1.165, 1.54) is 0 Å². The second kappa shape index (κ2) is 3.33. The van der Waals surface area contributed by atoms with Crippen molar-refractivity contribution in [3.8, 4) is 0 Å². The zero-order valence-corrected chi connectivity index (χ0v) is 8.62. The molecule has 0 radical (unpaired) electrons. The minimum absolute atomic E-state index is 0.784. The van der Waals surface area contributed by atoms with Crippen LogP contribution in [0, 0.1) is 6.92 Å². The highest BCUT2D eigenvalue weighted by Gasteiger charge is 2.06. The molecule has 0 unspecified atom stereocenters. The molecule has 74 valence electrons. The lowest BCUT2D eigenvalue weighted by Crippen LogP contribution is -1.95. The molecule has 0 aromatic carbocycles. The van der Waals surface area contributed by atoms with Crippen molar-refractivity contribution in [3.05, 3.63) is 29.8 Å². The average molecular weight is 189 g/mol. The molecule has 2 rings (SSSR count). The zero-order valence-electron chi connectivity index (χ0n) is 8.62. The number of hydrogen-bond acceptors (Lipinski definition) is 2. The lowest BCUT2D eigenvalue weighted by molar-refractivity contribution is 0.829. The lowest BCUT2D eigenvalue weighted by Gasteiger charge is -2.00. The highest BCUT2D eigenvalue weighted by atomic mass is 15.0. The molecule has 2 N–H and O–H groups in total. The smallest absolute Gasteiger partial charge is 0.113 e. The van der Waals surface area contributed by atoms with Gasteiger partial charge in [0.15, 0.2) is 0 Å². The first-order valence-corrected chi connectivity index (χ1v) is 4.95. The van der Waals surface area contributed by atoms with Gasteiger partial charge in [-0.3, -0.25) is 0 Å². The zero-order chi connectivity index (χ0) is 10.1. The molecular formula is C11H15N3. The van der Waals surface area contributed by atoms with Crippen LogP contribution in [0.25, 0.3) is 5.52 Å². The van der Waals surface area contributed by atoms with Crippen LogP contribution in [0.3, 0.4) is 0 Å². The quantitative estimate of drug-likeness (QED) is 0.786. The van der Waals surface area contributed by atoms with Crippen LogP contribution < -0.4 is 5.73 Å². The molecule has 0 aliphatic carbocycles. The average Bonchev–Trinajstić information content (AvgIpc) is 2.44. The van der Waals surface area contributed by atoms with Gasteiger partial charge < -0.3 is 10.1 Å². The lowest BCUT2D eigenvalue weighted by atomic mass is 10.3. The van der Waals surface area contributed by atoms with E-state index in [4.69, 9.17) is 5.73 Å². The molecule has 0 spiro atoms. The van der Waals surface area contributed by atoms with E-state index in [9.17, 15) is 0 Å². The van der Waals surface area contributed by atoms with Crippen molar-refractivity contribution in [1.82, 2.24) is 9.38 Å². The molecule has 0 bridgehead atoms. The van der Waals surface area contributed by atoms with Gasteiger partial charge in [-0.05, 0) is 25.5 Å². The van der Waals surface area contributed by atoms with E-state index in [0.717, 1.165) is 35.6 Å². The van der Waals surface area contributed by atoms with Crippen LogP contribution in [-0.2, 0) is 6.42 Å². The summed E-state index contributed by atoms with van der Waals surface area (Å²) in [6.07, 6.45) is 4.05. The van der Waals surface area contributed by atoms with Crippen LogP contribution in [0.1, 0.15) is 24.9 Å². The number of hydrogen-bond donors (Lipinski definition) is 1. The van der Waals surface area contributed by atoms with Gasteiger partial charge in [0.1, 0.15) is 5.82 Å². The van der Waals surface area contributed by atoms with Gasteiger partial charge in [0.25, 0.3) is 0 Å². The maximum atomic E-state index is 5.75. The number of aromatic nitrogens is 2. The number of rotatable bonds is 2. The first-order chi connectivity index (χ1) is 6.72. The monoisotopic (exact) mass is 189 g/mol. The van der Waals surface area contributed by atoms with Gasteiger partial charge in [-0.1, -0.05) is 6.92 Å². The maximum Gasteiger partial charge on any atom is 0.113 e. The summed E-state index contributed by atoms with van der Waals surface area (Å²) in [7, 11) is 0. The molecule has 14 heavy (non-hydrogen) atoms. The van der Waals surface area contributed by atoms with Crippen molar-refractivity contribution >= 4 is 11.2 Å². The van der Waals surface area contributed by atoms with Gasteiger partial charge in [0, 0.05) is 18.3 Å². The third-order valence-electron chi connectivity index (χ3n) is 2.39. The van der Waals surface area contributed by atoms with Gasteiger partial charge in [0.05, 0.1) is 11.2 Å². The molecule has 2 heterocycles. The highest BCUT2D eigenvalue weighted by Crippen LogP contribution is 2.15. The molecule has 0 aliphatic rings. The van der Waals surface area contributed by atoms with Gasteiger partial charge in [-0.15, -0.1) is 0 Å². The molecule has 0 saturated carbocycles. The van der Waals surface area contributed by atoms with E-state index in [1.807, 2.05) is 25.3 Å². The number of fused-ring (bicyclic) bond motifs is 1. The number of aryl methyl sites for hydroxylation is 2. The molecule has 0 amide bonds. The Hall–Kier alpha value is -1.51. The Morgan fingerprint density at radius 1 is 1.43 bits per heavy atom. The molecule has 2 aromatic rings. The number of nitrogen functional groups attached to an aromatic ring is 1. The third-order valence-corrected chi connectivity index (χ3v) is 2.39. The first-order valence-electron chi connectivity index (χ1n) is 4.95. The first kappa shape index (κ1) is 9.06. The molecular weight excluding hydrogens is 174 g/mol. The number of anilines is 1. The van der Waals surface area contributed by atoms with Crippen LogP contribution in [0.2, 0.25) is 0 Å². The van der Waals surface area contributed by atoms with Crippen molar-refractivity contribution in [1.29, 1.82) is 0 Å². The Balaban J connectivity index is 2.66. The Labute approximate surface area is 83.6 Å². The SMILES string of the molecule is CCCc1nc(C)c2ccc(N)cn12. The summed E-state index contributed by atoms with van der Waals surface area (Å²) in [6, 6.07) is 3.94. The molecule has 0 fully saturated rings. The molecule has 0 aliphatic heterocycles. The van der Waals surface area contributed by atoms with E-state index in [-0.39, 0.29) is 0 Å². The predicted octanol–water partition coefficient (Wildman–Crippen LogP) is 2.18. The van der Waals surface area contributed by atoms with Crippen molar-refractivity contribution < 1.29 is 0 Å². The second-order valence-corrected chi connectivity index (χ2v) is 3.58. The van der Waals surface area contributed by atoms with Crippen molar-refractivity contribution in [2.75, 3.05) is 5.73 Å². The fourth-order valence-electron chi connectivity index (χ4n) is 1.73. The van der Waals surface area contributed by atoms with Gasteiger partial charge in [0.2, 0.25) is 0 Å². The fraction of sp³-hybridized carbons (Fsp3) is 0.364. The Morgan fingerprint density at radius 2 is 2.21 bits per heavy atom. The summed E-state index contributed by atoms with van der Waals surface area (Å²) in [5.41, 5.74) is 8.77. The molecule has 3 nitrogen and oxygen atoms in total. The topological polar surface area (TPSA) is 43.3 Å². The largest absolute Gasteiger partial charge is 0.398 e. The molecule has 3 heteroatoms. The Morgan fingerprint density at radius 3 is 2.93 bits per heavy atom. The van der Waals surface area contributed by atoms with Gasteiger partial charge >= 0.3 is 0 Å². The third kappa shape index (κ3) is 1.35. The summed E-state index contributed by atoms with van der Waals surface area (Å²) < 4.78 is 2.09. The van der Waals surface area contributed by atoms with Crippen molar-refractivity contribution in [2.45, 2.75) is 26.7 Å². The number of imidazole rings is 1. The summed E-state index contributed by atoms with van der Waals surface area (Å²) in [5.74, 6) is 1.10. The van der Waals surface area contributed by atoms with Gasteiger partial charge in [-0.25, -0.2) is 4.98 Å². The minimum atomic E-state index is 0.784. The van der Waals surface area contributed by atoms with E-state index in [2.05, 4.69) is 16.3 Å². The number of nitrogens with zero attached hydrogens (tertiary/aromatic N) is 2. The minimum Gasteiger partial charge on any atom is -0.398 e. The summed E-state index contributed by atoms with van der Waals surface area (Å²) in [6.45, 7) is 4.19. The molecule has 0 saturated heterocycles. The van der Waals surface area contributed by atoms with Crippen LogP contribution in [0.4, 0.5) is 5.69 Å². The normalized spacial score (nSPS) is 11.0. The Bertz CT molecular complexity index is 457. The van der Waals surface area contributed by atoms with Crippen LogP contribution >= 0.6 is 0 Å². The van der Waals surface area contributed by atoms with E-state index < -0.39 is 0 Å². The second-order valence-electron chi connectivity index (χ2n) is 3.58. The Kier molecular flexibility index (Phi) is 2.15. The number of nitrogens with two attached hydrogens (primary N) is 1. The van der Waals surface area contributed by atoms with E-state index >= 15 is 0 Å². The van der Waals surface area contributed by atoms with Crippen LogP contribution in [0.5, 0.6) is 0 Å². The van der Waals surface area contributed by atoms with E-state index in [0.29, 0.717) is 0 Å². The predicted molar refractivity (Wildman–Crippen MR) is 58.3 cm³/mol. The summed E-state index contributed by atoms with van der Waals surface area (Å²) in [4.78, 5) is 4.53. The van der Waals surface area contributed by atoms with Gasteiger partial charge in [-0.2, -0.15) is 0 Å². The van der Waals surface area contributed by atoms with E-state index in [1.54, 1.807) is 0 Å². The maximum absolute atomic E-state index is 5.75. The highest BCUT2D eigenvalue weighted by molar-refractivity contribution is 5.56. The van der Waals surface area contributed by atoms with Crippen LogP contribution in [0.15, 0.2) is 18.3 Å². The van der Waals surface area contributed by atoms with Crippen LogP contribution in [-0.4, -0.2) is 9.38 Å². The van der Waals surface area contributed by atoms with Crippen molar-refractivity contribution in [3.63, 3.8) is 0 Å². The number of pyridine rings is 1. The molecule has 2 aromatic heterocycles. The molecule has 0 atom stereocenters. The standard InChI is InChI=1S/C11H15N3/c1-3-4-11-13-8(2)10-6-5-9(12)7-14(10)11/h5-7H,3-4,12H2,1-2H3. The summed E-state index contributed by atoms with van der Waals surface area (Å²) >= 11 is 0. The fourth-order valence-corrected chi connectivity index (χ4v) is 1.73.